The van der Waals surface area contributed by atoms with E-state index >= 15 is 0 Å². The lowest BCUT2D eigenvalue weighted by Gasteiger charge is -2.12. The highest BCUT2D eigenvalue weighted by Crippen LogP contribution is 2.17. The molecule has 3 aromatic rings. The number of nitrogens with zero attached hydrogens (tertiary/aromatic N) is 2. The fraction of sp³-hybridized carbons (Fsp3) is 0.286. The third-order valence-electron chi connectivity index (χ3n) is 4.67. The zero-order valence-corrected chi connectivity index (χ0v) is 15.6. The number of nitrogens with one attached hydrogen (secondary N) is 1. The van der Waals surface area contributed by atoms with E-state index in [1.54, 1.807) is 4.57 Å². The summed E-state index contributed by atoms with van der Waals surface area (Å²) in [6, 6.07) is 11.8. The first-order chi connectivity index (χ1) is 12.4. The zero-order valence-electron chi connectivity index (χ0n) is 15.6. The molecule has 0 aliphatic rings. The second-order valence-corrected chi connectivity index (χ2v) is 6.60. The zero-order chi connectivity index (χ0) is 18.8. The van der Waals surface area contributed by atoms with Crippen LogP contribution in [0.4, 0.5) is 0 Å². The molecule has 0 fully saturated rings. The van der Waals surface area contributed by atoms with E-state index in [2.05, 4.69) is 10.3 Å². The lowest BCUT2D eigenvalue weighted by Crippen LogP contribution is -2.34. The number of hydrogen-bond donors (Lipinski definition) is 1. The first-order valence-electron chi connectivity index (χ1n) is 8.76. The summed E-state index contributed by atoms with van der Waals surface area (Å²) in [6.45, 7) is 8.74. The van der Waals surface area contributed by atoms with Gasteiger partial charge in [0.1, 0.15) is 0 Å². The van der Waals surface area contributed by atoms with Crippen LogP contribution < -0.4 is 10.9 Å². The van der Waals surface area contributed by atoms with Crippen LogP contribution in [0.1, 0.15) is 39.7 Å². The van der Waals surface area contributed by atoms with Crippen molar-refractivity contribution in [2.24, 2.45) is 0 Å². The third-order valence-corrected chi connectivity index (χ3v) is 4.67. The minimum Gasteiger partial charge on any atom is -0.346 e. The van der Waals surface area contributed by atoms with Gasteiger partial charge in [-0.2, -0.15) is 0 Å². The Balaban J connectivity index is 1.97. The maximum atomic E-state index is 12.7. The first-order valence-corrected chi connectivity index (χ1v) is 8.76. The van der Waals surface area contributed by atoms with Crippen molar-refractivity contribution in [2.45, 2.75) is 40.8 Å². The molecule has 1 aromatic heterocycles. The number of amides is 1. The van der Waals surface area contributed by atoms with Gasteiger partial charge in [0, 0.05) is 13.1 Å². The van der Waals surface area contributed by atoms with Crippen molar-refractivity contribution in [3.05, 3.63) is 74.7 Å². The Labute approximate surface area is 152 Å². The van der Waals surface area contributed by atoms with Crippen LogP contribution in [-0.4, -0.2) is 15.5 Å². The molecule has 1 amide bonds. The van der Waals surface area contributed by atoms with E-state index in [-0.39, 0.29) is 11.3 Å². The molecule has 5 nitrogen and oxygen atoms in total. The number of carbonyl (C=O) groups is 1. The summed E-state index contributed by atoms with van der Waals surface area (Å²) >= 11 is 0. The van der Waals surface area contributed by atoms with Crippen molar-refractivity contribution in [3.8, 4) is 0 Å². The molecule has 1 heterocycles. The fourth-order valence-corrected chi connectivity index (χ4v) is 2.93. The summed E-state index contributed by atoms with van der Waals surface area (Å²) in [5, 5.41) is 2.80. The highest BCUT2D eigenvalue weighted by atomic mass is 16.2. The Morgan fingerprint density at radius 1 is 1.08 bits per heavy atom. The summed E-state index contributed by atoms with van der Waals surface area (Å²) in [6.07, 6.45) is 0. The van der Waals surface area contributed by atoms with Gasteiger partial charge in [-0.25, -0.2) is 4.98 Å². The van der Waals surface area contributed by atoms with E-state index < -0.39 is 5.91 Å². The van der Waals surface area contributed by atoms with Crippen molar-refractivity contribution in [1.29, 1.82) is 0 Å². The molecule has 0 aliphatic carbocycles. The second kappa shape index (κ2) is 7.12. The van der Waals surface area contributed by atoms with Gasteiger partial charge in [0.2, 0.25) is 0 Å². The second-order valence-electron chi connectivity index (χ2n) is 6.60. The molecular formula is C21H23N3O2. The number of carbonyl (C=O) groups excluding carboxylic acids is 1. The van der Waals surface area contributed by atoms with E-state index in [0.717, 1.165) is 27.8 Å². The Morgan fingerprint density at radius 3 is 2.38 bits per heavy atom. The van der Waals surface area contributed by atoms with Gasteiger partial charge in [-0.3, -0.25) is 9.59 Å². The minimum absolute atomic E-state index is 0.0604. The molecule has 0 saturated heterocycles. The highest BCUT2D eigenvalue weighted by Gasteiger charge is 2.17. The standard InChI is InChI=1S/C21H23N3O2/c1-5-24-18-11-15(4)14(3)10-17(18)23-19(21(24)26)20(25)22-12-16-8-6-13(2)7-9-16/h6-11H,5,12H2,1-4H3,(H,22,25). The summed E-state index contributed by atoms with van der Waals surface area (Å²) < 4.78 is 1.61. The maximum absolute atomic E-state index is 12.7. The average Bonchev–Trinajstić information content (AvgIpc) is 2.62. The molecule has 3 rings (SSSR count). The summed E-state index contributed by atoms with van der Waals surface area (Å²) in [7, 11) is 0. The van der Waals surface area contributed by atoms with Crippen LogP contribution in [0.25, 0.3) is 11.0 Å². The van der Waals surface area contributed by atoms with E-state index in [1.807, 2.05) is 64.1 Å². The van der Waals surface area contributed by atoms with E-state index in [4.69, 9.17) is 0 Å². The topological polar surface area (TPSA) is 64.0 Å². The van der Waals surface area contributed by atoms with Crippen molar-refractivity contribution < 1.29 is 4.79 Å². The summed E-state index contributed by atoms with van der Waals surface area (Å²) in [5.74, 6) is -0.446. The first kappa shape index (κ1) is 17.9. The molecule has 26 heavy (non-hydrogen) atoms. The van der Waals surface area contributed by atoms with Gasteiger partial charge in [-0.15, -0.1) is 0 Å². The lowest BCUT2D eigenvalue weighted by atomic mass is 10.1. The Kier molecular flexibility index (Phi) is 4.89. The van der Waals surface area contributed by atoms with Crippen LogP contribution in [0.15, 0.2) is 41.2 Å². The van der Waals surface area contributed by atoms with Gasteiger partial charge in [0.25, 0.3) is 11.5 Å². The number of benzene rings is 2. The molecule has 0 spiro atoms. The van der Waals surface area contributed by atoms with Crippen LogP contribution in [-0.2, 0) is 13.1 Å². The molecule has 0 unspecified atom stereocenters. The number of hydrogen-bond acceptors (Lipinski definition) is 3. The van der Waals surface area contributed by atoms with E-state index in [1.165, 1.54) is 0 Å². The van der Waals surface area contributed by atoms with Gasteiger partial charge in [0.05, 0.1) is 11.0 Å². The molecule has 2 aromatic carbocycles. The number of aryl methyl sites for hydroxylation is 4. The molecule has 0 atom stereocenters. The summed E-state index contributed by atoms with van der Waals surface area (Å²) in [4.78, 5) is 29.7. The molecule has 134 valence electrons. The van der Waals surface area contributed by atoms with Crippen LogP contribution in [0.3, 0.4) is 0 Å². The fourth-order valence-electron chi connectivity index (χ4n) is 2.93. The predicted molar refractivity (Wildman–Crippen MR) is 104 cm³/mol. The Hall–Kier alpha value is -2.95. The van der Waals surface area contributed by atoms with E-state index in [9.17, 15) is 9.59 Å². The normalized spacial score (nSPS) is 10.9. The predicted octanol–water partition coefficient (Wildman–Crippen LogP) is 3.27. The molecule has 0 aliphatic heterocycles. The molecule has 0 radical (unpaired) electrons. The van der Waals surface area contributed by atoms with E-state index in [0.29, 0.717) is 18.6 Å². The lowest BCUT2D eigenvalue weighted by molar-refractivity contribution is 0.0944. The molecule has 0 bridgehead atoms. The van der Waals surface area contributed by atoms with Crippen molar-refractivity contribution in [2.75, 3.05) is 0 Å². The number of rotatable bonds is 4. The highest BCUT2D eigenvalue weighted by molar-refractivity contribution is 5.94. The average molecular weight is 349 g/mol. The SMILES string of the molecule is CCn1c(=O)c(C(=O)NCc2ccc(C)cc2)nc2cc(C)c(C)cc21. The molecule has 5 heteroatoms. The molecule has 0 saturated carbocycles. The van der Waals surface area contributed by atoms with Crippen LogP contribution in [0, 0.1) is 20.8 Å². The van der Waals surface area contributed by atoms with Crippen molar-refractivity contribution >= 4 is 16.9 Å². The van der Waals surface area contributed by atoms with Gasteiger partial charge in [-0.05, 0) is 56.5 Å². The van der Waals surface area contributed by atoms with Gasteiger partial charge >= 0.3 is 0 Å². The third kappa shape index (κ3) is 3.38. The summed E-state index contributed by atoms with van der Waals surface area (Å²) in [5.41, 5.74) is 5.32. The number of fused-ring (bicyclic) bond motifs is 1. The van der Waals surface area contributed by atoms with Crippen LogP contribution >= 0.6 is 0 Å². The quantitative estimate of drug-likeness (QED) is 0.786. The van der Waals surface area contributed by atoms with Gasteiger partial charge < -0.3 is 9.88 Å². The monoisotopic (exact) mass is 349 g/mol. The largest absolute Gasteiger partial charge is 0.346 e. The number of aromatic nitrogens is 2. The van der Waals surface area contributed by atoms with Crippen LogP contribution in [0.5, 0.6) is 0 Å². The smallest absolute Gasteiger partial charge is 0.282 e. The Morgan fingerprint density at radius 2 is 1.73 bits per heavy atom. The molecule has 1 N–H and O–H groups in total. The maximum Gasteiger partial charge on any atom is 0.282 e. The van der Waals surface area contributed by atoms with Gasteiger partial charge in [0.15, 0.2) is 5.69 Å². The van der Waals surface area contributed by atoms with Gasteiger partial charge in [-0.1, -0.05) is 29.8 Å². The van der Waals surface area contributed by atoms with Crippen molar-refractivity contribution in [3.63, 3.8) is 0 Å². The molecular weight excluding hydrogens is 326 g/mol. The Bertz CT molecular complexity index is 1030. The minimum atomic E-state index is -0.446. The van der Waals surface area contributed by atoms with Crippen molar-refractivity contribution in [1.82, 2.24) is 14.9 Å². The van der Waals surface area contributed by atoms with Crippen LogP contribution in [0.2, 0.25) is 0 Å².